The molecule has 0 saturated carbocycles. The highest BCUT2D eigenvalue weighted by atomic mass is 35.5. The molecule has 0 aliphatic carbocycles. The van der Waals surface area contributed by atoms with E-state index in [-0.39, 0.29) is 22.3 Å². The van der Waals surface area contributed by atoms with E-state index in [9.17, 15) is 4.79 Å². The zero-order chi connectivity index (χ0) is 11.5. The van der Waals surface area contributed by atoms with E-state index in [0.29, 0.717) is 5.02 Å². The molecule has 0 N–H and O–H groups in total. The van der Waals surface area contributed by atoms with Gasteiger partial charge in [0.2, 0.25) is 5.78 Å². The number of ketones is 1. The second-order valence-corrected chi connectivity index (χ2v) is 3.74. The summed E-state index contributed by atoms with van der Waals surface area (Å²) in [6, 6.07) is 4.51. The minimum atomic E-state index is -0.319. The maximum absolute atomic E-state index is 11.9. The Balaban J connectivity index is 2.35. The number of halogens is 2. The van der Waals surface area contributed by atoms with Gasteiger partial charge in [0.15, 0.2) is 0 Å². The highest BCUT2D eigenvalue weighted by molar-refractivity contribution is 6.30. The Kier molecular flexibility index (Phi) is 3.12. The van der Waals surface area contributed by atoms with Crippen LogP contribution in [-0.2, 0) is 0 Å². The van der Waals surface area contributed by atoms with Crippen molar-refractivity contribution in [1.82, 2.24) is 15.0 Å². The van der Waals surface area contributed by atoms with Crippen molar-refractivity contribution < 1.29 is 4.79 Å². The van der Waals surface area contributed by atoms with E-state index in [1.807, 2.05) is 0 Å². The zero-order valence-electron chi connectivity index (χ0n) is 7.89. The molecule has 2 heterocycles. The van der Waals surface area contributed by atoms with Gasteiger partial charge < -0.3 is 0 Å². The van der Waals surface area contributed by atoms with E-state index in [2.05, 4.69) is 15.0 Å². The number of carbonyl (C=O) groups excluding carboxylic acids is 1. The molecular weight excluding hydrogens is 249 g/mol. The molecule has 2 aromatic heterocycles. The molecule has 0 spiro atoms. The standard InChI is InChI=1S/C10H5Cl2N3O/c11-6-1-2-7(13-4-6)10(16)8-3-9(12)15-5-14-8/h1-5H. The topological polar surface area (TPSA) is 55.7 Å². The molecule has 0 unspecified atom stereocenters. The first-order chi connectivity index (χ1) is 7.66. The van der Waals surface area contributed by atoms with Crippen LogP contribution in [0.2, 0.25) is 10.2 Å². The van der Waals surface area contributed by atoms with Crippen LogP contribution in [0.25, 0.3) is 0 Å². The van der Waals surface area contributed by atoms with Crippen LogP contribution in [-0.4, -0.2) is 20.7 Å². The predicted molar refractivity (Wildman–Crippen MR) is 59.7 cm³/mol. The van der Waals surface area contributed by atoms with Crippen LogP contribution in [0.3, 0.4) is 0 Å². The van der Waals surface area contributed by atoms with Crippen molar-refractivity contribution in [3.8, 4) is 0 Å². The summed E-state index contributed by atoms with van der Waals surface area (Å²) >= 11 is 11.3. The Hall–Kier alpha value is -1.52. The summed E-state index contributed by atoms with van der Waals surface area (Å²) in [6.45, 7) is 0. The van der Waals surface area contributed by atoms with Crippen molar-refractivity contribution in [2.24, 2.45) is 0 Å². The molecule has 0 amide bonds. The summed E-state index contributed by atoms with van der Waals surface area (Å²) in [5.41, 5.74) is 0.467. The first-order valence-corrected chi connectivity index (χ1v) is 5.06. The molecule has 4 nitrogen and oxygen atoms in total. The average molecular weight is 254 g/mol. The highest BCUT2D eigenvalue weighted by Gasteiger charge is 2.12. The second-order valence-electron chi connectivity index (χ2n) is 2.92. The van der Waals surface area contributed by atoms with Crippen molar-refractivity contribution in [3.05, 3.63) is 52.3 Å². The minimum absolute atomic E-state index is 0.204. The summed E-state index contributed by atoms with van der Waals surface area (Å²) in [6.07, 6.45) is 2.63. The first kappa shape index (κ1) is 11.0. The lowest BCUT2D eigenvalue weighted by molar-refractivity contribution is 0.102. The number of hydrogen-bond acceptors (Lipinski definition) is 4. The van der Waals surface area contributed by atoms with E-state index in [0.717, 1.165) is 0 Å². The van der Waals surface area contributed by atoms with Crippen LogP contribution in [0, 0.1) is 0 Å². The Morgan fingerprint density at radius 3 is 2.50 bits per heavy atom. The van der Waals surface area contributed by atoms with Gasteiger partial charge in [-0.3, -0.25) is 9.78 Å². The molecule has 0 saturated heterocycles. The molecule has 0 radical (unpaired) electrons. The number of nitrogens with zero attached hydrogens (tertiary/aromatic N) is 3. The highest BCUT2D eigenvalue weighted by Crippen LogP contribution is 2.11. The fourth-order valence-electron chi connectivity index (χ4n) is 1.10. The Morgan fingerprint density at radius 2 is 1.88 bits per heavy atom. The number of pyridine rings is 1. The minimum Gasteiger partial charge on any atom is -0.285 e. The molecule has 0 aliphatic rings. The number of carbonyl (C=O) groups is 1. The average Bonchev–Trinajstić information content (AvgIpc) is 2.29. The summed E-state index contributed by atoms with van der Waals surface area (Å²) in [5, 5.41) is 0.685. The summed E-state index contributed by atoms with van der Waals surface area (Å²) in [4.78, 5) is 23.3. The third-order valence-electron chi connectivity index (χ3n) is 1.83. The van der Waals surface area contributed by atoms with Gasteiger partial charge in [-0.1, -0.05) is 23.2 Å². The van der Waals surface area contributed by atoms with Crippen LogP contribution < -0.4 is 0 Å². The van der Waals surface area contributed by atoms with Gasteiger partial charge in [-0.25, -0.2) is 9.97 Å². The van der Waals surface area contributed by atoms with Gasteiger partial charge in [0.25, 0.3) is 0 Å². The lowest BCUT2D eigenvalue weighted by Gasteiger charge is -1.99. The largest absolute Gasteiger partial charge is 0.285 e. The fraction of sp³-hybridized carbons (Fsp3) is 0. The van der Waals surface area contributed by atoms with Crippen LogP contribution in [0.4, 0.5) is 0 Å². The van der Waals surface area contributed by atoms with Crippen LogP contribution >= 0.6 is 23.2 Å². The third-order valence-corrected chi connectivity index (χ3v) is 2.26. The Morgan fingerprint density at radius 1 is 1.06 bits per heavy atom. The molecule has 0 aliphatic heterocycles. The van der Waals surface area contributed by atoms with E-state index in [1.165, 1.54) is 24.7 Å². The molecule has 0 fully saturated rings. The molecule has 80 valence electrons. The molecule has 0 atom stereocenters. The quantitative estimate of drug-likeness (QED) is 0.610. The number of hydrogen-bond donors (Lipinski definition) is 0. The van der Waals surface area contributed by atoms with Crippen LogP contribution in [0.15, 0.2) is 30.7 Å². The molecule has 6 heteroatoms. The van der Waals surface area contributed by atoms with Gasteiger partial charge in [0.05, 0.1) is 5.02 Å². The van der Waals surface area contributed by atoms with Crippen molar-refractivity contribution in [2.45, 2.75) is 0 Å². The van der Waals surface area contributed by atoms with Gasteiger partial charge >= 0.3 is 0 Å². The Labute approximate surface area is 101 Å². The summed E-state index contributed by atoms with van der Waals surface area (Å²) < 4.78 is 0. The van der Waals surface area contributed by atoms with Crippen molar-refractivity contribution >= 4 is 29.0 Å². The van der Waals surface area contributed by atoms with Crippen LogP contribution in [0.1, 0.15) is 16.2 Å². The zero-order valence-corrected chi connectivity index (χ0v) is 9.40. The molecule has 16 heavy (non-hydrogen) atoms. The number of aromatic nitrogens is 3. The van der Waals surface area contributed by atoms with E-state index >= 15 is 0 Å². The van der Waals surface area contributed by atoms with Gasteiger partial charge in [0.1, 0.15) is 22.9 Å². The van der Waals surface area contributed by atoms with Crippen molar-refractivity contribution in [2.75, 3.05) is 0 Å². The monoisotopic (exact) mass is 253 g/mol. The van der Waals surface area contributed by atoms with E-state index < -0.39 is 0 Å². The van der Waals surface area contributed by atoms with Gasteiger partial charge in [-0.05, 0) is 12.1 Å². The summed E-state index contributed by atoms with van der Waals surface area (Å²) in [5.74, 6) is -0.319. The molecule has 2 rings (SSSR count). The Bertz CT molecular complexity index is 528. The van der Waals surface area contributed by atoms with Gasteiger partial charge in [-0.15, -0.1) is 0 Å². The maximum atomic E-state index is 11.9. The summed E-state index contributed by atoms with van der Waals surface area (Å²) in [7, 11) is 0. The van der Waals surface area contributed by atoms with E-state index in [1.54, 1.807) is 6.07 Å². The maximum Gasteiger partial charge on any atom is 0.229 e. The molecular formula is C10H5Cl2N3O. The normalized spacial score (nSPS) is 10.1. The molecule has 0 bridgehead atoms. The second kappa shape index (κ2) is 4.55. The lowest BCUT2D eigenvalue weighted by Crippen LogP contribution is -2.06. The third kappa shape index (κ3) is 2.35. The van der Waals surface area contributed by atoms with Gasteiger partial charge in [0, 0.05) is 12.3 Å². The first-order valence-electron chi connectivity index (χ1n) is 4.30. The van der Waals surface area contributed by atoms with Crippen molar-refractivity contribution in [3.63, 3.8) is 0 Å². The van der Waals surface area contributed by atoms with Crippen molar-refractivity contribution in [1.29, 1.82) is 0 Å². The smallest absolute Gasteiger partial charge is 0.229 e. The predicted octanol–water partition coefficient (Wildman–Crippen LogP) is 2.41. The number of rotatable bonds is 2. The van der Waals surface area contributed by atoms with Gasteiger partial charge in [-0.2, -0.15) is 0 Å². The van der Waals surface area contributed by atoms with Crippen LogP contribution in [0.5, 0.6) is 0 Å². The SMILES string of the molecule is O=C(c1ccc(Cl)cn1)c1cc(Cl)ncn1. The molecule has 0 aromatic carbocycles. The lowest BCUT2D eigenvalue weighted by atomic mass is 10.2. The fourth-order valence-corrected chi connectivity index (χ4v) is 1.36. The molecule has 2 aromatic rings. The van der Waals surface area contributed by atoms with E-state index in [4.69, 9.17) is 23.2 Å².